The minimum Gasteiger partial charge on any atom is -0.369 e. The number of hydrogen-bond acceptors (Lipinski definition) is 4. The summed E-state index contributed by atoms with van der Waals surface area (Å²) >= 11 is 0. The smallest absolute Gasteiger partial charge is 0.251 e. The van der Waals surface area contributed by atoms with Crippen LogP contribution in [-0.2, 0) is 10.0 Å². The highest BCUT2D eigenvalue weighted by atomic mass is 32.2. The average Bonchev–Trinajstić information content (AvgIpc) is 2.54. The van der Waals surface area contributed by atoms with E-state index in [0.717, 1.165) is 5.69 Å². The van der Waals surface area contributed by atoms with Gasteiger partial charge in [0.25, 0.3) is 5.91 Å². The minimum atomic E-state index is -3.17. The van der Waals surface area contributed by atoms with Crippen molar-refractivity contribution in [3.8, 4) is 0 Å². The Balaban J connectivity index is 2.01. The molecule has 1 aliphatic rings. The number of anilines is 1. The molecule has 0 bridgehead atoms. The standard InChI is InChI=1S/C15H23N3O3S/c1-12(2)22(20,21)18-10-8-17(9-11-18)14-6-4-13(5-7-14)15(19)16-3/h4-7,12H,8-11H2,1-3H3,(H,16,19). The van der Waals surface area contributed by atoms with E-state index in [1.165, 1.54) is 0 Å². The summed E-state index contributed by atoms with van der Waals surface area (Å²) in [5, 5.41) is 2.20. The number of nitrogens with one attached hydrogen (secondary N) is 1. The van der Waals surface area contributed by atoms with Crippen molar-refractivity contribution in [3.05, 3.63) is 29.8 Å². The van der Waals surface area contributed by atoms with Gasteiger partial charge in [-0.25, -0.2) is 8.42 Å². The number of piperazine rings is 1. The van der Waals surface area contributed by atoms with Crippen LogP contribution in [0.5, 0.6) is 0 Å². The molecule has 1 aromatic carbocycles. The lowest BCUT2D eigenvalue weighted by molar-refractivity contribution is 0.0963. The third kappa shape index (κ3) is 3.41. The van der Waals surface area contributed by atoms with Crippen LogP contribution in [0.4, 0.5) is 5.69 Å². The zero-order chi connectivity index (χ0) is 16.3. The number of amides is 1. The number of hydrogen-bond donors (Lipinski definition) is 1. The molecule has 0 unspecified atom stereocenters. The van der Waals surface area contributed by atoms with E-state index < -0.39 is 10.0 Å². The maximum atomic E-state index is 12.1. The van der Waals surface area contributed by atoms with E-state index in [1.807, 2.05) is 12.1 Å². The van der Waals surface area contributed by atoms with Gasteiger partial charge in [-0.05, 0) is 38.1 Å². The number of carbonyl (C=O) groups is 1. The molecule has 1 heterocycles. The van der Waals surface area contributed by atoms with Gasteiger partial charge in [-0.15, -0.1) is 0 Å². The van der Waals surface area contributed by atoms with Crippen molar-refractivity contribution in [2.45, 2.75) is 19.1 Å². The maximum absolute atomic E-state index is 12.1. The monoisotopic (exact) mass is 325 g/mol. The lowest BCUT2D eigenvalue weighted by Crippen LogP contribution is -2.50. The Bertz CT molecular complexity index is 618. The Morgan fingerprint density at radius 3 is 2.09 bits per heavy atom. The van der Waals surface area contributed by atoms with Crippen molar-refractivity contribution in [2.24, 2.45) is 0 Å². The SMILES string of the molecule is CNC(=O)c1ccc(N2CCN(S(=O)(=O)C(C)C)CC2)cc1. The van der Waals surface area contributed by atoms with E-state index in [9.17, 15) is 13.2 Å². The van der Waals surface area contributed by atoms with Crippen LogP contribution in [0, 0.1) is 0 Å². The van der Waals surface area contributed by atoms with Crippen LogP contribution >= 0.6 is 0 Å². The van der Waals surface area contributed by atoms with Gasteiger partial charge in [0.05, 0.1) is 5.25 Å². The first kappa shape index (κ1) is 16.8. The molecule has 2 rings (SSSR count). The Kier molecular flexibility index (Phi) is 5.08. The van der Waals surface area contributed by atoms with Crippen LogP contribution in [0.3, 0.4) is 0 Å². The normalized spacial score (nSPS) is 16.8. The Hall–Kier alpha value is -1.60. The molecule has 122 valence electrons. The predicted octanol–water partition coefficient (Wildman–Crippen LogP) is 0.906. The quantitative estimate of drug-likeness (QED) is 0.893. The Morgan fingerprint density at radius 1 is 1.09 bits per heavy atom. The zero-order valence-electron chi connectivity index (χ0n) is 13.2. The van der Waals surface area contributed by atoms with E-state index in [4.69, 9.17) is 0 Å². The topological polar surface area (TPSA) is 69.7 Å². The Labute approximate surface area is 132 Å². The number of sulfonamides is 1. The second kappa shape index (κ2) is 6.66. The molecule has 0 atom stereocenters. The molecule has 6 nitrogen and oxygen atoms in total. The number of benzene rings is 1. The summed E-state index contributed by atoms with van der Waals surface area (Å²) in [6.07, 6.45) is 0. The molecule has 0 aromatic heterocycles. The first-order valence-corrected chi connectivity index (χ1v) is 8.92. The van der Waals surface area contributed by atoms with Crippen LogP contribution in [0.1, 0.15) is 24.2 Å². The number of rotatable bonds is 4. The fraction of sp³-hybridized carbons (Fsp3) is 0.533. The Morgan fingerprint density at radius 2 is 1.64 bits per heavy atom. The van der Waals surface area contributed by atoms with Crippen LogP contribution in [0.15, 0.2) is 24.3 Å². The van der Waals surface area contributed by atoms with Crippen molar-refractivity contribution in [1.82, 2.24) is 9.62 Å². The molecule has 0 aliphatic carbocycles. The van der Waals surface area contributed by atoms with Gasteiger partial charge in [0, 0.05) is 44.5 Å². The lowest BCUT2D eigenvalue weighted by Gasteiger charge is -2.36. The summed E-state index contributed by atoms with van der Waals surface area (Å²) in [5.41, 5.74) is 1.63. The molecule has 1 N–H and O–H groups in total. The van der Waals surface area contributed by atoms with E-state index in [1.54, 1.807) is 37.3 Å². The van der Waals surface area contributed by atoms with Crippen molar-refractivity contribution < 1.29 is 13.2 Å². The van der Waals surface area contributed by atoms with Crippen molar-refractivity contribution in [2.75, 3.05) is 38.1 Å². The van der Waals surface area contributed by atoms with Gasteiger partial charge in [-0.1, -0.05) is 0 Å². The molecular weight excluding hydrogens is 302 g/mol. The highest BCUT2D eigenvalue weighted by molar-refractivity contribution is 7.89. The molecule has 1 fully saturated rings. The first-order chi connectivity index (χ1) is 10.4. The average molecular weight is 325 g/mol. The number of carbonyl (C=O) groups excluding carboxylic acids is 1. The second-order valence-corrected chi connectivity index (χ2v) is 8.09. The lowest BCUT2D eigenvalue weighted by atomic mass is 10.1. The predicted molar refractivity (Wildman–Crippen MR) is 87.7 cm³/mol. The van der Waals surface area contributed by atoms with Crippen molar-refractivity contribution in [3.63, 3.8) is 0 Å². The number of nitrogens with zero attached hydrogens (tertiary/aromatic N) is 2. The maximum Gasteiger partial charge on any atom is 0.251 e. The zero-order valence-corrected chi connectivity index (χ0v) is 14.1. The van der Waals surface area contributed by atoms with Gasteiger partial charge >= 0.3 is 0 Å². The highest BCUT2D eigenvalue weighted by Crippen LogP contribution is 2.19. The van der Waals surface area contributed by atoms with Gasteiger partial charge in [0.2, 0.25) is 10.0 Å². The van der Waals surface area contributed by atoms with Crippen LogP contribution < -0.4 is 10.2 Å². The largest absolute Gasteiger partial charge is 0.369 e. The van der Waals surface area contributed by atoms with Crippen LogP contribution in [0.25, 0.3) is 0 Å². The van der Waals surface area contributed by atoms with E-state index in [2.05, 4.69) is 10.2 Å². The molecule has 7 heteroatoms. The molecule has 22 heavy (non-hydrogen) atoms. The fourth-order valence-corrected chi connectivity index (χ4v) is 3.74. The first-order valence-electron chi connectivity index (χ1n) is 7.42. The third-order valence-corrected chi connectivity index (χ3v) is 6.19. The third-order valence-electron chi connectivity index (χ3n) is 3.92. The summed E-state index contributed by atoms with van der Waals surface area (Å²) in [7, 11) is -1.57. The van der Waals surface area contributed by atoms with Gasteiger partial charge < -0.3 is 10.2 Å². The molecule has 1 amide bonds. The van der Waals surface area contributed by atoms with Crippen molar-refractivity contribution >= 4 is 21.6 Å². The van der Waals surface area contributed by atoms with E-state index in [-0.39, 0.29) is 11.2 Å². The minimum absolute atomic E-state index is 0.112. The summed E-state index contributed by atoms with van der Waals surface area (Å²) in [6.45, 7) is 5.73. The summed E-state index contributed by atoms with van der Waals surface area (Å²) < 4.78 is 25.9. The van der Waals surface area contributed by atoms with Crippen LogP contribution in [0.2, 0.25) is 0 Å². The molecule has 0 saturated carbocycles. The molecule has 1 saturated heterocycles. The van der Waals surface area contributed by atoms with E-state index in [0.29, 0.717) is 31.7 Å². The van der Waals surface area contributed by atoms with E-state index >= 15 is 0 Å². The second-order valence-electron chi connectivity index (χ2n) is 5.61. The molecular formula is C15H23N3O3S. The molecule has 1 aliphatic heterocycles. The van der Waals surface area contributed by atoms with Gasteiger partial charge in [-0.2, -0.15) is 4.31 Å². The van der Waals surface area contributed by atoms with Gasteiger partial charge in [0.15, 0.2) is 0 Å². The summed E-state index contributed by atoms with van der Waals surface area (Å²) in [5.74, 6) is -0.112. The molecule has 0 spiro atoms. The molecule has 1 aromatic rings. The molecule has 0 radical (unpaired) electrons. The van der Waals surface area contributed by atoms with Gasteiger partial charge in [0.1, 0.15) is 0 Å². The van der Waals surface area contributed by atoms with Crippen molar-refractivity contribution in [1.29, 1.82) is 0 Å². The van der Waals surface area contributed by atoms with Crippen LogP contribution in [-0.4, -0.2) is 57.1 Å². The fourth-order valence-electron chi connectivity index (χ4n) is 2.47. The highest BCUT2D eigenvalue weighted by Gasteiger charge is 2.29. The van der Waals surface area contributed by atoms with Gasteiger partial charge in [-0.3, -0.25) is 4.79 Å². The summed E-state index contributed by atoms with van der Waals surface area (Å²) in [4.78, 5) is 13.7. The summed E-state index contributed by atoms with van der Waals surface area (Å²) in [6, 6.07) is 7.37.